The summed E-state index contributed by atoms with van der Waals surface area (Å²) in [6.07, 6.45) is 0. The standard InChI is InChI=1S/C23H24N2O2/c1-15-10-16(2)12-20(11-15)24-23(27)22-18(4)25(17(3)13-21(22)26)14-19-8-6-5-7-9-19/h5-13H,14H2,1-4H3,(H,24,27). The van der Waals surface area contributed by atoms with Gasteiger partial charge in [-0.1, -0.05) is 36.4 Å². The largest absolute Gasteiger partial charge is 0.344 e. The van der Waals surface area contributed by atoms with Crippen LogP contribution < -0.4 is 10.7 Å². The maximum atomic E-state index is 12.9. The van der Waals surface area contributed by atoms with Crippen molar-refractivity contribution in [1.29, 1.82) is 0 Å². The third kappa shape index (κ3) is 4.17. The number of hydrogen-bond donors (Lipinski definition) is 1. The Morgan fingerprint density at radius 3 is 2.19 bits per heavy atom. The lowest BCUT2D eigenvalue weighted by Crippen LogP contribution is -2.27. The quantitative estimate of drug-likeness (QED) is 0.750. The smallest absolute Gasteiger partial charge is 0.261 e. The van der Waals surface area contributed by atoms with E-state index in [9.17, 15) is 9.59 Å². The van der Waals surface area contributed by atoms with E-state index in [1.807, 2.05) is 80.8 Å². The molecule has 3 aromatic rings. The Bertz CT molecular complexity index is 1030. The molecule has 27 heavy (non-hydrogen) atoms. The van der Waals surface area contributed by atoms with Gasteiger partial charge in [0.2, 0.25) is 0 Å². The molecule has 1 N–H and O–H groups in total. The van der Waals surface area contributed by atoms with Crippen LogP contribution in [0, 0.1) is 27.7 Å². The number of nitrogens with one attached hydrogen (secondary N) is 1. The van der Waals surface area contributed by atoms with Gasteiger partial charge in [-0.05, 0) is 56.5 Å². The second kappa shape index (κ2) is 7.62. The monoisotopic (exact) mass is 360 g/mol. The van der Waals surface area contributed by atoms with E-state index in [-0.39, 0.29) is 16.9 Å². The number of anilines is 1. The minimum absolute atomic E-state index is 0.190. The summed E-state index contributed by atoms with van der Waals surface area (Å²) in [4.78, 5) is 25.4. The molecule has 0 bridgehead atoms. The summed E-state index contributed by atoms with van der Waals surface area (Å²) in [6.45, 7) is 8.29. The first-order chi connectivity index (χ1) is 12.8. The number of carbonyl (C=O) groups is 1. The van der Waals surface area contributed by atoms with Crippen LogP contribution in [-0.4, -0.2) is 10.5 Å². The molecule has 1 aromatic heterocycles. The molecule has 3 rings (SSSR count). The maximum Gasteiger partial charge on any atom is 0.261 e. The number of carbonyl (C=O) groups excluding carboxylic acids is 1. The minimum Gasteiger partial charge on any atom is -0.344 e. The number of pyridine rings is 1. The van der Waals surface area contributed by atoms with Gasteiger partial charge in [-0.15, -0.1) is 0 Å². The van der Waals surface area contributed by atoms with Gasteiger partial charge in [0.25, 0.3) is 5.91 Å². The predicted octanol–water partition coefficient (Wildman–Crippen LogP) is 4.38. The third-order valence-corrected chi connectivity index (χ3v) is 4.67. The van der Waals surface area contributed by atoms with Crippen LogP contribution in [0.5, 0.6) is 0 Å². The fourth-order valence-electron chi connectivity index (χ4n) is 3.44. The summed E-state index contributed by atoms with van der Waals surface area (Å²) in [5.74, 6) is -0.371. The van der Waals surface area contributed by atoms with E-state index in [1.54, 1.807) is 0 Å². The van der Waals surface area contributed by atoms with Gasteiger partial charge in [-0.3, -0.25) is 9.59 Å². The average molecular weight is 360 g/mol. The van der Waals surface area contributed by atoms with Gasteiger partial charge in [-0.25, -0.2) is 0 Å². The molecule has 2 aromatic carbocycles. The minimum atomic E-state index is -0.371. The second-order valence-electron chi connectivity index (χ2n) is 7.01. The topological polar surface area (TPSA) is 51.1 Å². The predicted molar refractivity (Wildman–Crippen MR) is 110 cm³/mol. The van der Waals surface area contributed by atoms with Crippen LogP contribution in [0.25, 0.3) is 0 Å². The molecule has 0 saturated carbocycles. The number of aryl methyl sites for hydroxylation is 3. The molecule has 0 unspecified atom stereocenters. The van der Waals surface area contributed by atoms with Crippen LogP contribution in [0.2, 0.25) is 0 Å². The van der Waals surface area contributed by atoms with Gasteiger partial charge in [0, 0.05) is 29.7 Å². The van der Waals surface area contributed by atoms with Crippen molar-refractivity contribution in [2.24, 2.45) is 0 Å². The zero-order valence-electron chi connectivity index (χ0n) is 16.2. The molecule has 4 nitrogen and oxygen atoms in total. The van der Waals surface area contributed by atoms with Crippen LogP contribution in [0.4, 0.5) is 5.69 Å². The first kappa shape index (κ1) is 18.6. The summed E-state index contributed by atoms with van der Waals surface area (Å²) in [7, 11) is 0. The molecule has 0 fully saturated rings. The Morgan fingerprint density at radius 2 is 1.56 bits per heavy atom. The SMILES string of the molecule is Cc1cc(C)cc(NC(=O)c2c(C)n(Cc3ccccc3)c(C)cc2=O)c1. The fraction of sp³-hybridized carbons (Fsp3) is 0.217. The summed E-state index contributed by atoms with van der Waals surface area (Å²) >= 11 is 0. The van der Waals surface area contributed by atoms with Crippen molar-refractivity contribution < 1.29 is 4.79 Å². The molecule has 0 aliphatic carbocycles. The number of amides is 1. The molecule has 138 valence electrons. The summed E-state index contributed by atoms with van der Waals surface area (Å²) < 4.78 is 2.01. The number of aromatic nitrogens is 1. The molecule has 0 atom stereocenters. The van der Waals surface area contributed by atoms with E-state index in [4.69, 9.17) is 0 Å². The highest BCUT2D eigenvalue weighted by Crippen LogP contribution is 2.16. The zero-order valence-corrected chi connectivity index (χ0v) is 16.2. The molecule has 4 heteroatoms. The molecule has 1 amide bonds. The van der Waals surface area contributed by atoms with Gasteiger partial charge in [0.05, 0.1) is 0 Å². The van der Waals surface area contributed by atoms with Gasteiger partial charge in [-0.2, -0.15) is 0 Å². The fourth-order valence-corrected chi connectivity index (χ4v) is 3.44. The van der Waals surface area contributed by atoms with Crippen LogP contribution in [0.3, 0.4) is 0 Å². The highest BCUT2D eigenvalue weighted by molar-refractivity contribution is 6.05. The Labute approximate surface area is 159 Å². The van der Waals surface area contributed by atoms with Crippen molar-refractivity contribution in [3.8, 4) is 0 Å². The van der Waals surface area contributed by atoms with E-state index in [1.165, 1.54) is 6.07 Å². The molecule has 0 aliphatic heterocycles. The average Bonchev–Trinajstić information content (AvgIpc) is 2.58. The lowest BCUT2D eigenvalue weighted by Gasteiger charge is -2.18. The Balaban J connectivity index is 1.98. The van der Waals surface area contributed by atoms with Gasteiger partial charge in [0.15, 0.2) is 5.43 Å². The number of benzene rings is 2. The van der Waals surface area contributed by atoms with E-state index in [0.29, 0.717) is 17.9 Å². The van der Waals surface area contributed by atoms with Gasteiger partial charge in [0.1, 0.15) is 5.56 Å². The van der Waals surface area contributed by atoms with Crippen LogP contribution in [0.15, 0.2) is 59.4 Å². The highest BCUT2D eigenvalue weighted by Gasteiger charge is 2.18. The lowest BCUT2D eigenvalue weighted by atomic mass is 10.1. The molecular weight excluding hydrogens is 336 g/mol. The molecule has 0 aliphatic rings. The zero-order chi connectivity index (χ0) is 19.6. The first-order valence-electron chi connectivity index (χ1n) is 9.00. The van der Waals surface area contributed by atoms with E-state index in [0.717, 1.165) is 22.4 Å². The molecule has 0 saturated heterocycles. The van der Waals surface area contributed by atoms with Crippen molar-refractivity contribution in [3.63, 3.8) is 0 Å². The van der Waals surface area contributed by atoms with Crippen LogP contribution in [-0.2, 0) is 6.54 Å². The number of hydrogen-bond acceptors (Lipinski definition) is 2. The van der Waals surface area contributed by atoms with Crippen molar-refractivity contribution in [3.05, 3.63) is 98.5 Å². The highest BCUT2D eigenvalue weighted by atomic mass is 16.2. The molecular formula is C23H24N2O2. The van der Waals surface area contributed by atoms with Crippen LogP contribution in [0.1, 0.15) is 38.4 Å². The number of rotatable bonds is 4. The molecule has 0 spiro atoms. The molecule has 1 heterocycles. The first-order valence-corrected chi connectivity index (χ1v) is 9.00. The van der Waals surface area contributed by atoms with Crippen molar-refractivity contribution >= 4 is 11.6 Å². The number of nitrogens with zero attached hydrogens (tertiary/aromatic N) is 1. The summed E-state index contributed by atoms with van der Waals surface area (Å²) in [6, 6.07) is 17.4. The Morgan fingerprint density at radius 1 is 0.926 bits per heavy atom. The van der Waals surface area contributed by atoms with Crippen LogP contribution >= 0.6 is 0 Å². The summed E-state index contributed by atoms with van der Waals surface area (Å²) in [5, 5.41) is 2.88. The normalized spacial score (nSPS) is 10.7. The summed E-state index contributed by atoms with van der Waals surface area (Å²) in [5.41, 5.74) is 5.39. The maximum absolute atomic E-state index is 12.9. The van der Waals surface area contributed by atoms with Crippen molar-refractivity contribution in [2.45, 2.75) is 34.2 Å². The van der Waals surface area contributed by atoms with E-state index >= 15 is 0 Å². The lowest BCUT2D eigenvalue weighted by molar-refractivity contribution is 0.102. The van der Waals surface area contributed by atoms with E-state index < -0.39 is 0 Å². The van der Waals surface area contributed by atoms with Crippen molar-refractivity contribution in [2.75, 3.05) is 5.32 Å². The Kier molecular flexibility index (Phi) is 5.26. The van der Waals surface area contributed by atoms with Gasteiger partial charge >= 0.3 is 0 Å². The molecule has 0 radical (unpaired) electrons. The third-order valence-electron chi connectivity index (χ3n) is 4.67. The second-order valence-corrected chi connectivity index (χ2v) is 7.01. The van der Waals surface area contributed by atoms with Crippen molar-refractivity contribution in [1.82, 2.24) is 4.57 Å². The van der Waals surface area contributed by atoms with Gasteiger partial charge < -0.3 is 9.88 Å². The Hall–Kier alpha value is -3.14. The van der Waals surface area contributed by atoms with E-state index in [2.05, 4.69) is 5.32 Å².